The molecule has 0 radical (unpaired) electrons. The molecule has 13 heavy (non-hydrogen) atoms. The lowest BCUT2D eigenvalue weighted by Crippen LogP contribution is -1.83. The smallest absolute Gasteiger partial charge is 0.130 e. The van der Waals surface area contributed by atoms with Crippen LogP contribution in [0.5, 0.6) is 11.5 Å². The minimum Gasteiger partial charge on any atom is -0.457 e. The van der Waals surface area contributed by atoms with Gasteiger partial charge in [0, 0.05) is 24.8 Å². The van der Waals surface area contributed by atoms with Crippen molar-refractivity contribution < 1.29 is 4.74 Å². The molecule has 64 valence electrons. The molecule has 0 atom stereocenters. The van der Waals surface area contributed by atoms with Crippen molar-refractivity contribution in [3.63, 3.8) is 0 Å². The van der Waals surface area contributed by atoms with E-state index in [1.807, 2.05) is 0 Å². The number of rotatable bonds is 2. The van der Waals surface area contributed by atoms with Gasteiger partial charge in [0.15, 0.2) is 0 Å². The highest BCUT2D eigenvalue weighted by Crippen LogP contribution is 2.18. The predicted octanol–water partition coefficient (Wildman–Crippen LogP) is 2.27. The first-order chi connectivity index (χ1) is 6.45. The van der Waals surface area contributed by atoms with Crippen LogP contribution in [0.4, 0.5) is 0 Å². The molecule has 0 saturated heterocycles. The zero-order chi connectivity index (χ0) is 8.93. The normalized spacial score (nSPS) is 9.54. The first-order valence-corrected chi connectivity index (χ1v) is 3.93. The van der Waals surface area contributed by atoms with Crippen molar-refractivity contribution in [2.24, 2.45) is 0 Å². The van der Waals surface area contributed by atoms with Crippen LogP contribution in [0.2, 0.25) is 0 Å². The Balaban J connectivity index is 2.16. The van der Waals surface area contributed by atoms with Crippen LogP contribution >= 0.6 is 0 Å². The topological polar surface area (TPSA) is 35.0 Å². The number of pyridine rings is 2. The highest BCUT2D eigenvalue weighted by Gasteiger charge is 1.93. The molecule has 0 fully saturated rings. The molecule has 0 saturated carbocycles. The molecule has 0 unspecified atom stereocenters. The van der Waals surface area contributed by atoms with Crippen molar-refractivity contribution in [3.05, 3.63) is 49.1 Å². The third-order valence-electron chi connectivity index (χ3n) is 1.54. The number of nitrogens with zero attached hydrogens (tertiary/aromatic N) is 2. The molecular formula is C10H8N2O. The maximum atomic E-state index is 5.50. The van der Waals surface area contributed by atoms with Crippen LogP contribution < -0.4 is 4.74 Å². The lowest BCUT2D eigenvalue weighted by Gasteiger charge is -2.02. The van der Waals surface area contributed by atoms with Gasteiger partial charge in [-0.05, 0) is 24.3 Å². The summed E-state index contributed by atoms with van der Waals surface area (Å²) in [7, 11) is 0. The molecule has 0 spiro atoms. The van der Waals surface area contributed by atoms with Crippen molar-refractivity contribution in [2.45, 2.75) is 0 Å². The van der Waals surface area contributed by atoms with Crippen LogP contribution in [0.3, 0.4) is 0 Å². The minimum atomic E-state index is 0.779. The molecule has 2 heterocycles. The van der Waals surface area contributed by atoms with Gasteiger partial charge >= 0.3 is 0 Å². The minimum absolute atomic E-state index is 0.779. The van der Waals surface area contributed by atoms with E-state index in [0.29, 0.717) is 0 Å². The maximum Gasteiger partial charge on any atom is 0.130 e. The first-order valence-electron chi connectivity index (χ1n) is 3.93. The number of hydrogen-bond acceptors (Lipinski definition) is 3. The summed E-state index contributed by atoms with van der Waals surface area (Å²) in [6.45, 7) is 0. The Morgan fingerprint density at radius 1 is 0.692 bits per heavy atom. The Bertz CT molecular complexity index is 324. The molecule has 0 aliphatic carbocycles. The number of hydrogen-bond donors (Lipinski definition) is 0. The molecule has 0 aliphatic rings. The maximum absolute atomic E-state index is 5.50. The average Bonchev–Trinajstić information content (AvgIpc) is 2.21. The molecule has 2 aromatic heterocycles. The summed E-state index contributed by atoms with van der Waals surface area (Å²) in [4.78, 5) is 7.79. The summed E-state index contributed by atoms with van der Waals surface area (Å²) >= 11 is 0. The summed E-state index contributed by atoms with van der Waals surface area (Å²) in [5.74, 6) is 1.56. The molecule has 0 aromatic carbocycles. The number of aromatic nitrogens is 2. The van der Waals surface area contributed by atoms with Gasteiger partial charge in [-0.2, -0.15) is 0 Å². The second-order valence-corrected chi connectivity index (χ2v) is 2.47. The second kappa shape index (κ2) is 3.67. The van der Waals surface area contributed by atoms with E-state index in [1.165, 1.54) is 0 Å². The molecule has 2 aromatic rings. The van der Waals surface area contributed by atoms with Gasteiger partial charge in [-0.1, -0.05) is 0 Å². The lowest BCUT2D eigenvalue weighted by molar-refractivity contribution is 0.481. The lowest BCUT2D eigenvalue weighted by atomic mass is 10.4. The third-order valence-corrected chi connectivity index (χ3v) is 1.54. The summed E-state index contributed by atoms with van der Waals surface area (Å²) < 4.78 is 5.50. The van der Waals surface area contributed by atoms with Gasteiger partial charge in [-0.3, -0.25) is 9.97 Å². The molecule has 3 nitrogen and oxygen atoms in total. The second-order valence-electron chi connectivity index (χ2n) is 2.47. The largest absolute Gasteiger partial charge is 0.457 e. The summed E-state index contributed by atoms with van der Waals surface area (Å²) in [6, 6.07) is 7.22. The fourth-order valence-corrected chi connectivity index (χ4v) is 0.949. The van der Waals surface area contributed by atoms with Crippen LogP contribution in [0.25, 0.3) is 0 Å². The monoisotopic (exact) mass is 172 g/mol. The van der Waals surface area contributed by atoms with Gasteiger partial charge in [0.1, 0.15) is 11.5 Å². The number of ether oxygens (including phenoxy) is 1. The van der Waals surface area contributed by atoms with E-state index in [4.69, 9.17) is 4.74 Å². The average molecular weight is 172 g/mol. The van der Waals surface area contributed by atoms with E-state index < -0.39 is 0 Å². The molecule has 0 amide bonds. The highest BCUT2D eigenvalue weighted by atomic mass is 16.5. The molecular weight excluding hydrogens is 164 g/mol. The van der Waals surface area contributed by atoms with E-state index in [1.54, 1.807) is 49.1 Å². The molecule has 0 bridgehead atoms. The van der Waals surface area contributed by atoms with Crippen LogP contribution in [-0.4, -0.2) is 9.97 Å². The molecule has 2 rings (SSSR count). The van der Waals surface area contributed by atoms with Gasteiger partial charge in [-0.25, -0.2) is 0 Å². The van der Waals surface area contributed by atoms with Gasteiger partial charge in [0.05, 0.1) is 0 Å². The Morgan fingerprint density at radius 2 is 1.08 bits per heavy atom. The predicted molar refractivity (Wildman–Crippen MR) is 48.5 cm³/mol. The Hall–Kier alpha value is -1.90. The van der Waals surface area contributed by atoms with Crippen LogP contribution in [-0.2, 0) is 0 Å². The van der Waals surface area contributed by atoms with Gasteiger partial charge < -0.3 is 4.74 Å². The molecule has 3 heteroatoms. The quantitative estimate of drug-likeness (QED) is 0.697. The van der Waals surface area contributed by atoms with Crippen molar-refractivity contribution in [1.82, 2.24) is 9.97 Å². The summed E-state index contributed by atoms with van der Waals surface area (Å²) in [5.41, 5.74) is 0. The summed E-state index contributed by atoms with van der Waals surface area (Å²) in [6.07, 6.45) is 6.76. The van der Waals surface area contributed by atoms with E-state index in [9.17, 15) is 0 Å². The van der Waals surface area contributed by atoms with E-state index in [0.717, 1.165) is 11.5 Å². The van der Waals surface area contributed by atoms with Gasteiger partial charge in [0.25, 0.3) is 0 Å². The fourth-order valence-electron chi connectivity index (χ4n) is 0.949. The molecule has 0 aliphatic heterocycles. The Labute approximate surface area is 76.0 Å². The van der Waals surface area contributed by atoms with Crippen molar-refractivity contribution in [2.75, 3.05) is 0 Å². The highest BCUT2D eigenvalue weighted by molar-refractivity contribution is 5.27. The Kier molecular flexibility index (Phi) is 2.18. The SMILES string of the molecule is c1cc(Oc2ccncc2)ccn1. The molecule has 0 N–H and O–H groups in total. The van der Waals surface area contributed by atoms with E-state index >= 15 is 0 Å². The van der Waals surface area contributed by atoms with Gasteiger partial charge in [0.2, 0.25) is 0 Å². The van der Waals surface area contributed by atoms with Crippen molar-refractivity contribution >= 4 is 0 Å². The zero-order valence-electron chi connectivity index (χ0n) is 6.92. The van der Waals surface area contributed by atoms with E-state index in [2.05, 4.69) is 9.97 Å². The van der Waals surface area contributed by atoms with Gasteiger partial charge in [-0.15, -0.1) is 0 Å². The van der Waals surface area contributed by atoms with Crippen LogP contribution in [0.15, 0.2) is 49.1 Å². The zero-order valence-corrected chi connectivity index (χ0v) is 6.92. The standard InChI is InChI=1S/C10H8N2O/c1-5-11-6-2-9(1)13-10-3-7-12-8-4-10/h1-8H. The Morgan fingerprint density at radius 3 is 1.46 bits per heavy atom. The summed E-state index contributed by atoms with van der Waals surface area (Å²) in [5, 5.41) is 0. The van der Waals surface area contributed by atoms with Crippen molar-refractivity contribution in [3.8, 4) is 11.5 Å². The van der Waals surface area contributed by atoms with Crippen molar-refractivity contribution in [1.29, 1.82) is 0 Å². The van der Waals surface area contributed by atoms with E-state index in [-0.39, 0.29) is 0 Å². The third kappa shape index (κ3) is 2.02. The van der Waals surface area contributed by atoms with Crippen LogP contribution in [0, 0.1) is 0 Å². The van der Waals surface area contributed by atoms with Crippen LogP contribution in [0.1, 0.15) is 0 Å². The first kappa shape index (κ1) is 7.73. The fraction of sp³-hybridized carbons (Fsp3) is 0.